The molecule has 0 atom stereocenters. The Morgan fingerprint density at radius 1 is 1.00 bits per heavy atom. The summed E-state index contributed by atoms with van der Waals surface area (Å²) in [5.41, 5.74) is 2.42. The van der Waals surface area contributed by atoms with Crippen LogP contribution in [0.3, 0.4) is 0 Å². The van der Waals surface area contributed by atoms with Gasteiger partial charge in [-0.3, -0.25) is 4.72 Å². The Morgan fingerprint density at radius 3 is 2.42 bits per heavy atom. The predicted octanol–water partition coefficient (Wildman–Crippen LogP) is 3.97. The van der Waals surface area contributed by atoms with Gasteiger partial charge in [-0.05, 0) is 48.5 Å². The van der Waals surface area contributed by atoms with Crippen LogP contribution in [0.4, 0.5) is 5.69 Å². The molecule has 8 heteroatoms. The monoisotopic (exact) mass is 431 g/mol. The average Bonchev–Trinajstić information content (AvgIpc) is 3.15. The minimum absolute atomic E-state index is 0.0263. The lowest BCUT2D eigenvalue weighted by molar-refractivity contribution is 0.0472. The van der Waals surface area contributed by atoms with Gasteiger partial charge in [-0.15, -0.1) is 0 Å². The zero-order chi connectivity index (χ0) is 21.8. The van der Waals surface area contributed by atoms with Crippen LogP contribution in [0, 0.1) is 11.3 Å². The van der Waals surface area contributed by atoms with Crippen molar-refractivity contribution in [1.29, 1.82) is 5.26 Å². The van der Waals surface area contributed by atoms with E-state index in [2.05, 4.69) is 10.8 Å². The number of nitriles is 1. The van der Waals surface area contributed by atoms with Gasteiger partial charge in [-0.1, -0.05) is 24.3 Å². The fraction of sp³-hybridized carbons (Fsp3) is 0.0435. The molecule has 0 fully saturated rings. The molecule has 0 bridgehead atoms. The minimum atomic E-state index is -3.78. The van der Waals surface area contributed by atoms with Gasteiger partial charge in [0.2, 0.25) is 0 Å². The van der Waals surface area contributed by atoms with E-state index in [9.17, 15) is 18.5 Å². The highest BCUT2D eigenvalue weighted by Crippen LogP contribution is 2.20. The zero-order valence-corrected chi connectivity index (χ0v) is 17.0. The standard InChI is InChI=1S/C23H17N3O4S/c24-14-21-18(15-26-13-5-4-8-22(21)26)16-30-23(27)17-9-11-20(12-10-17)31(28,29)25-19-6-2-1-3-7-19/h1-13,15,25H,16H2. The zero-order valence-electron chi connectivity index (χ0n) is 16.2. The largest absolute Gasteiger partial charge is 0.457 e. The molecular formula is C23H17N3O4S. The number of para-hydroxylation sites is 1. The summed E-state index contributed by atoms with van der Waals surface area (Å²) in [7, 11) is -3.78. The first-order valence-corrected chi connectivity index (χ1v) is 10.8. The molecular weight excluding hydrogens is 414 g/mol. The van der Waals surface area contributed by atoms with E-state index in [1.54, 1.807) is 40.9 Å². The quantitative estimate of drug-likeness (QED) is 0.466. The van der Waals surface area contributed by atoms with Crippen LogP contribution in [-0.2, 0) is 21.4 Å². The molecule has 2 aromatic carbocycles. The van der Waals surface area contributed by atoms with Crippen molar-refractivity contribution < 1.29 is 17.9 Å². The van der Waals surface area contributed by atoms with E-state index >= 15 is 0 Å². The number of carbonyl (C=O) groups excluding carboxylic acids is 1. The average molecular weight is 431 g/mol. The van der Waals surface area contributed by atoms with Crippen molar-refractivity contribution >= 4 is 27.2 Å². The highest BCUT2D eigenvalue weighted by molar-refractivity contribution is 7.92. The number of esters is 1. The van der Waals surface area contributed by atoms with Crippen molar-refractivity contribution in [1.82, 2.24) is 4.40 Å². The third-order valence-corrected chi connectivity index (χ3v) is 6.06. The predicted molar refractivity (Wildman–Crippen MR) is 115 cm³/mol. The molecule has 0 aliphatic carbocycles. The molecule has 0 spiro atoms. The van der Waals surface area contributed by atoms with Gasteiger partial charge in [0.05, 0.1) is 21.5 Å². The molecule has 154 valence electrons. The second-order valence-electron chi connectivity index (χ2n) is 6.71. The highest BCUT2D eigenvalue weighted by Gasteiger charge is 2.17. The van der Waals surface area contributed by atoms with Crippen molar-refractivity contribution in [2.75, 3.05) is 4.72 Å². The van der Waals surface area contributed by atoms with Crippen LogP contribution in [-0.4, -0.2) is 18.8 Å². The first-order chi connectivity index (χ1) is 15.0. The van der Waals surface area contributed by atoms with E-state index in [0.29, 0.717) is 16.8 Å². The molecule has 0 saturated carbocycles. The van der Waals surface area contributed by atoms with Crippen LogP contribution in [0.1, 0.15) is 21.5 Å². The number of nitrogens with one attached hydrogen (secondary N) is 1. The Kier molecular flexibility index (Phi) is 5.43. The summed E-state index contributed by atoms with van der Waals surface area (Å²) in [4.78, 5) is 12.4. The number of fused-ring (bicyclic) bond motifs is 1. The summed E-state index contributed by atoms with van der Waals surface area (Å²) in [5.74, 6) is -0.612. The van der Waals surface area contributed by atoms with Gasteiger partial charge in [0, 0.05) is 23.6 Å². The SMILES string of the molecule is N#Cc1c(COC(=O)c2ccc(S(=O)(=O)Nc3ccccc3)cc2)cn2ccccc12. The van der Waals surface area contributed by atoms with Crippen molar-refractivity contribution in [2.45, 2.75) is 11.5 Å². The number of hydrogen-bond acceptors (Lipinski definition) is 5. The molecule has 0 aliphatic heterocycles. The summed E-state index contributed by atoms with van der Waals surface area (Å²) in [6.45, 7) is -0.0704. The number of hydrogen-bond donors (Lipinski definition) is 1. The molecule has 2 heterocycles. The van der Waals surface area contributed by atoms with Gasteiger partial charge in [0.15, 0.2) is 0 Å². The van der Waals surface area contributed by atoms with Gasteiger partial charge in [-0.25, -0.2) is 13.2 Å². The first kappa shape index (κ1) is 20.2. The van der Waals surface area contributed by atoms with E-state index in [0.717, 1.165) is 5.52 Å². The molecule has 4 rings (SSSR count). The maximum absolute atomic E-state index is 12.5. The molecule has 0 unspecified atom stereocenters. The Bertz CT molecular complexity index is 1390. The van der Waals surface area contributed by atoms with Gasteiger partial charge in [-0.2, -0.15) is 5.26 Å². The smallest absolute Gasteiger partial charge is 0.338 e. The van der Waals surface area contributed by atoms with E-state index in [1.165, 1.54) is 24.3 Å². The summed E-state index contributed by atoms with van der Waals surface area (Å²) in [6.07, 6.45) is 3.55. The third-order valence-electron chi connectivity index (χ3n) is 4.66. The van der Waals surface area contributed by atoms with E-state index < -0.39 is 16.0 Å². The van der Waals surface area contributed by atoms with Gasteiger partial charge in [0.25, 0.3) is 10.0 Å². The van der Waals surface area contributed by atoms with Crippen molar-refractivity contribution in [3.05, 3.63) is 102 Å². The van der Waals surface area contributed by atoms with Crippen molar-refractivity contribution in [3.8, 4) is 6.07 Å². The van der Waals surface area contributed by atoms with Crippen LogP contribution in [0.25, 0.3) is 5.52 Å². The number of ether oxygens (including phenoxy) is 1. The Hall–Kier alpha value is -4.09. The normalized spacial score (nSPS) is 11.1. The summed E-state index contributed by atoms with van der Waals surface area (Å²) in [6, 6.07) is 21.6. The number of sulfonamides is 1. The summed E-state index contributed by atoms with van der Waals surface area (Å²) in [5, 5.41) is 9.43. The van der Waals surface area contributed by atoms with E-state index in [1.807, 2.05) is 24.4 Å². The maximum Gasteiger partial charge on any atom is 0.338 e. The fourth-order valence-corrected chi connectivity index (χ4v) is 4.19. The molecule has 0 amide bonds. The van der Waals surface area contributed by atoms with Crippen molar-refractivity contribution in [2.24, 2.45) is 0 Å². The van der Waals surface area contributed by atoms with E-state index in [-0.39, 0.29) is 17.1 Å². The molecule has 0 aliphatic rings. The molecule has 0 saturated heterocycles. The lowest BCUT2D eigenvalue weighted by atomic mass is 10.2. The number of carbonyl (C=O) groups is 1. The fourth-order valence-electron chi connectivity index (χ4n) is 3.13. The Labute approximate surface area is 179 Å². The lowest BCUT2D eigenvalue weighted by Crippen LogP contribution is -2.13. The Morgan fingerprint density at radius 2 is 1.71 bits per heavy atom. The second kappa shape index (κ2) is 8.34. The molecule has 31 heavy (non-hydrogen) atoms. The van der Waals surface area contributed by atoms with E-state index in [4.69, 9.17) is 4.74 Å². The number of rotatable bonds is 6. The van der Waals surface area contributed by atoms with Crippen molar-refractivity contribution in [3.63, 3.8) is 0 Å². The number of aromatic nitrogens is 1. The molecule has 4 aromatic rings. The molecule has 7 nitrogen and oxygen atoms in total. The Balaban J connectivity index is 1.46. The van der Waals surface area contributed by atoms with Gasteiger partial charge < -0.3 is 9.14 Å². The second-order valence-corrected chi connectivity index (χ2v) is 8.39. The molecule has 1 N–H and O–H groups in total. The number of pyridine rings is 1. The summed E-state index contributed by atoms with van der Waals surface area (Å²) >= 11 is 0. The first-order valence-electron chi connectivity index (χ1n) is 9.32. The van der Waals surface area contributed by atoms with Crippen LogP contribution in [0.5, 0.6) is 0 Å². The van der Waals surface area contributed by atoms with Crippen LogP contribution >= 0.6 is 0 Å². The van der Waals surface area contributed by atoms with Gasteiger partial charge >= 0.3 is 5.97 Å². The topological polar surface area (TPSA) is 101 Å². The highest BCUT2D eigenvalue weighted by atomic mass is 32.2. The molecule has 2 aromatic heterocycles. The van der Waals surface area contributed by atoms with Crippen LogP contribution < -0.4 is 4.72 Å². The number of nitrogens with zero attached hydrogens (tertiary/aromatic N) is 2. The maximum atomic E-state index is 12.5. The third kappa shape index (κ3) is 4.27. The number of benzene rings is 2. The molecule has 0 radical (unpaired) electrons. The van der Waals surface area contributed by atoms with Crippen LogP contribution in [0.15, 0.2) is 90.1 Å². The lowest BCUT2D eigenvalue weighted by Gasteiger charge is -2.09. The van der Waals surface area contributed by atoms with Gasteiger partial charge in [0.1, 0.15) is 12.7 Å². The number of anilines is 1. The van der Waals surface area contributed by atoms with Crippen LogP contribution in [0.2, 0.25) is 0 Å². The minimum Gasteiger partial charge on any atom is -0.457 e. The summed E-state index contributed by atoms with van der Waals surface area (Å²) < 4.78 is 34.6.